The molecule has 12 heteroatoms. The SMILES string of the molecule is CC(=O)N1CCc2c(c(N3CCCc4cc(-c5cnn(C)c5)c(C(F)F)cc43)nn2C2CCC(C3CCC4(CC3)CN(c3ccc(C(=O)O)cc3)C4)CC2)C1. The van der Waals surface area contributed by atoms with E-state index in [2.05, 4.69) is 19.6 Å². The van der Waals surface area contributed by atoms with Gasteiger partial charge in [0.2, 0.25) is 5.91 Å². The second-order valence-electron chi connectivity index (χ2n) is 17.0. The quantitative estimate of drug-likeness (QED) is 0.203. The molecule has 2 aromatic carbocycles. The molecule has 0 bridgehead atoms. The minimum absolute atomic E-state index is 0.00572. The number of alkyl halides is 2. The molecule has 2 aliphatic carbocycles. The Labute approximate surface area is 321 Å². The maximum Gasteiger partial charge on any atom is 0.335 e. The summed E-state index contributed by atoms with van der Waals surface area (Å²) in [5.74, 6) is 1.46. The second kappa shape index (κ2) is 14.1. The molecule has 5 heterocycles. The molecule has 4 aromatic rings. The van der Waals surface area contributed by atoms with Gasteiger partial charge in [-0.05, 0) is 124 Å². The first kappa shape index (κ1) is 35.9. The molecule has 290 valence electrons. The number of fused-ring (bicyclic) bond motifs is 2. The number of nitrogens with zero attached hydrogens (tertiary/aromatic N) is 7. The Morgan fingerprint density at radius 1 is 0.945 bits per heavy atom. The molecule has 1 spiro atoms. The number of hydrogen-bond acceptors (Lipinski definition) is 6. The fourth-order valence-corrected chi connectivity index (χ4v) is 10.7. The monoisotopic (exact) mass is 751 g/mol. The molecule has 3 aliphatic heterocycles. The standard InChI is InChI=1S/C43H51F2N7O3/c1-27(53)49-19-15-38-37(24-49)41(51-18-3-4-31-20-35(32-22-46-48(2)23-32)36(40(44)45)21-39(31)51)47-52(38)34-11-5-28(6-12-34)29-13-16-43(17-14-29)25-50(26-43)33-9-7-30(8-10-33)42(54)55/h7-10,20-23,28-29,34,40H,3-6,11-19,24-26H2,1-2H3,(H,54,55). The van der Waals surface area contributed by atoms with Crippen molar-refractivity contribution >= 4 is 29.1 Å². The average Bonchev–Trinajstić information content (AvgIpc) is 3.79. The van der Waals surface area contributed by atoms with E-state index in [1.165, 1.54) is 44.2 Å². The van der Waals surface area contributed by atoms with Crippen LogP contribution in [0.1, 0.15) is 110 Å². The summed E-state index contributed by atoms with van der Waals surface area (Å²) < 4.78 is 33.3. The maximum atomic E-state index is 14.7. The summed E-state index contributed by atoms with van der Waals surface area (Å²) in [5, 5.41) is 18.9. The van der Waals surface area contributed by atoms with Crippen LogP contribution in [-0.4, -0.2) is 67.6 Å². The van der Waals surface area contributed by atoms with Crippen molar-refractivity contribution in [2.75, 3.05) is 36.0 Å². The van der Waals surface area contributed by atoms with Gasteiger partial charge in [-0.3, -0.25) is 14.2 Å². The molecular formula is C43H51F2N7O3. The molecule has 9 rings (SSSR count). The Morgan fingerprint density at radius 3 is 2.33 bits per heavy atom. The largest absolute Gasteiger partial charge is 0.478 e. The van der Waals surface area contributed by atoms with Gasteiger partial charge in [0.1, 0.15) is 0 Å². The van der Waals surface area contributed by atoms with Crippen molar-refractivity contribution in [2.24, 2.45) is 24.3 Å². The number of amides is 1. The minimum Gasteiger partial charge on any atom is -0.478 e. The average molecular weight is 752 g/mol. The molecule has 0 radical (unpaired) electrons. The van der Waals surface area contributed by atoms with E-state index in [-0.39, 0.29) is 11.5 Å². The molecule has 55 heavy (non-hydrogen) atoms. The first-order chi connectivity index (χ1) is 26.6. The van der Waals surface area contributed by atoms with Crippen molar-refractivity contribution in [3.63, 3.8) is 0 Å². The molecule has 10 nitrogen and oxygen atoms in total. The zero-order valence-electron chi connectivity index (χ0n) is 31.9. The Hall–Kier alpha value is -4.74. The van der Waals surface area contributed by atoms with Crippen molar-refractivity contribution in [3.8, 4) is 11.1 Å². The van der Waals surface area contributed by atoms with Gasteiger partial charge < -0.3 is 19.8 Å². The molecule has 1 N–H and O–H groups in total. The van der Waals surface area contributed by atoms with Crippen molar-refractivity contribution in [1.82, 2.24) is 24.5 Å². The first-order valence-electron chi connectivity index (χ1n) is 20.2. The molecule has 2 aromatic heterocycles. The first-order valence-corrected chi connectivity index (χ1v) is 20.2. The van der Waals surface area contributed by atoms with E-state index in [9.17, 15) is 23.5 Å². The number of carboxylic acids is 1. The summed E-state index contributed by atoms with van der Waals surface area (Å²) in [6, 6.07) is 11.2. The highest BCUT2D eigenvalue weighted by Crippen LogP contribution is 2.51. The number of aromatic nitrogens is 4. The van der Waals surface area contributed by atoms with Gasteiger partial charge in [-0.15, -0.1) is 0 Å². The third-order valence-electron chi connectivity index (χ3n) is 13.8. The highest BCUT2D eigenvalue weighted by Gasteiger charge is 2.46. The lowest BCUT2D eigenvalue weighted by Crippen LogP contribution is -2.58. The van der Waals surface area contributed by atoms with Gasteiger partial charge in [0.15, 0.2) is 5.82 Å². The van der Waals surface area contributed by atoms with Gasteiger partial charge in [-0.2, -0.15) is 10.2 Å². The number of aryl methyl sites for hydroxylation is 2. The fourth-order valence-electron chi connectivity index (χ4n) is 10.7. The number of anilines is 3. The zero-order chi connectivity index (χ0) is 38.0. The van der Waals surface area contributed by atoms with Crippen LogP contribution >= 0.6 is 0 Å². The third kappa shape index (κ3) is 6.58. The molecule has 3 fully saturated rings. The lowest BCUT2D eigenvalue weighted by atomic mass is 9.62. The molecule has 0 atom stereocenters. The molecule has 5 aliphatic rings. The lowest BCUT2D eigenvalue weighted by molar-refractivity contribution is -0.129. The van der Waals surface area contributed by atoms with E-state index in [0.717, 1.165) is 85.3 Å². The number of carbonyl (C=O) groups is 2. The van der Waals surface area contributed by atoms with E-state index in [1.54, 1.807) is 49.2 Å². The van der Waals surface area contributed by atoms with Crippen molar-refractivity contribution in [2.45, 2.75) is 96.6 Å². The van der Waals surface area contributed by atoms with E-state index in [0.29, 0.717) is 47.8 Å². The summed E-state index contributed by atoms with van der Waals surface area (Å²) in [5.41, 5.74) is 7.17. The van der Waals surface area contributed by atoms with Gasteiger partial charge >= 0.3 is 5.97 Å². The van der Waals surface area contributed by atoms with Crippen LogP contribution in [0.2, 0.25) is 0 Å². The van der Waals surface area contributed by atoms with Gasteiger partial charge in [-0.1, -0.05) is 0 Å². The van der Waals surface area contributed by atoms with Gasteiger partial charge in [0.25, 0.3) is 6.43 Å². The molecule has 0 unspecified atom stereocenters. The van der Waals surface area contributed by atoms with E-state index < -0.39 is 12.4 Å². The van der Waals surface area contributed by atoms with Crippen molar-refractivity contribution in [1.29, 1.82) is 0 Å². The molecule has 1 saturated heterocycles. The van der Waals surface area contributed by atoms with Crippen LogP contribution in [-0.2, 0) is 31.2 Å². The highest BCUT2D eigenvalue weighted by molar-refractivity contribution is 5.88. The van der Waals surface area contributed by atoms with Crippen LogP contribution in [0.25, 0.3) is 11.1 Å². The van der Waals surface area contributed by atoms with Crippen LogP contribution in [0.4, 0.5) is 26.0 Å². The van der Waals surface area contributed by atoms with E-state index >= 15 is 0 Å². The number of halogens is 2. The van der Waals surface area contributed by atoms with E-state index in [1.807, 2.05) is 23.1 Å². The van der Waals surface area contributed by atoms with Crippen LogP contribution in [0.15, 0.2) is 48.8 Å². The van der Waals surface area contributed by atoms with E-state index in [4.69, 9.17) is 5.10 Å². The normalized spacial score (nSPS) is 22.5. The lowest BCUT2D eigenvalue weighted by Gasteiger charge is -2.55. The number of hydrogen-bond donors (Lipinski definition) is 1. The summed E-state index contributed by atoms with van der Waals surface area (Å²) in [6.07, 6.45) is 12.9. The number of benzene rings is 2. The van der Waals surface area contributed by atoms with Crippen LogP contribution in [0.5, 0.6) is 0 Å². The zero-order valence-corrected chi connectivity index (χ0v) is 31.9. The van der Waals surface area contributed by atoms with Gasteiger partial charge in [0.05, 0.1) is 24.3 Å². The number of aromatic carboxylic acids is 1. The van der Waals surface area contributed by atoms with Crippen LogP contribution in [0.3, 0.4) is 0 Å². The smallest absolute Gasteiger partial charge is 0.335 e. The summed E-state index contributed by atoms with van der Waals surface area (Å²) in [4.78, 5) is 30.3. The van der Waals surface area contributed by atoms with Gasteiger partial charge in [0, 0.05) is 91.9 Å². The predicted octanol–water partition coefficient (Wildman–Crippen LogP) is 8.34. The number of carbonyl (C=O) groups excluding carboxylic acids is 1. The molecule has 2 saturated carbocycles. The number of rotatable bonds is 7. The highest BCUT2D eigenvalue weighted by atomic mass is 19.3. The third-order valence-corrected chi connectivity index (χ3v) is 13.8. The Kier molecular flexibility index (Phi) is 9.20. The predicted molar refractivity (Wildman–Crippen MR) is 207 cm³/mol. The fraction of sp³-hybridized carbons (Fsp3) is 0.535. The summed E-state index contributed by atoms with van der Waals surface area (Å²) in [7, 11) is 1.80. The number of carboxylic acid groups (broad SMARTS) is 1. The van der Waals surface area contributed by atoms with Crippen molar-refractivity contribution < 1.29 is 23.5 Å². The molecular weight excluding hydrogens is 701 g/mol. The maximum absolute atomic E-state index is 14.7. The van der Waals surface area contributed by atoms with Gasteiger partial charge in [-0.25, -0.2) is 13.6 Å². The Morgan fingerprint density at radius 2 is 1.67 bits per heavy atom. The Bertz CT molecular complexity index is 2080. The summed E-state index contributed by atoms with van der Waals surface area (Å²) in [6.45, 7) is 5.59. The topological polar surface area (TPSA) is 99.7 Å². The second-order valence-corrected chi connectivity index (χ2v) is 17.0. The molecule has 1 amide bonds. The minimum atomic E-state index is -2.64. The summed E-state index contributed by atoms with van der Waals surface area (Å²) >= 11 is 0. The van der Waals surface area contributed by atoms with Crippen LogP contribution < -0.4 is 9.80 Å². The van der Waals surface area contributed by atoms with Crippen LogP contribution in [0, 0.1) is 17.3 Å². The van der Waals surface area contributed by atoms with Crippen molar-refractivity contribution in [3.05, 3.63) is 76.7 Å². The Balaban J connectivity index is 0.907.